The first-order valence-electron chi connectivity index (χ1n) is 0. The van der Waals surface area contributed by atoms with E-state index in [1.165, 1.54) is 0 Å². The quantitative estimate of drug-likeness (QED) is 0.288. The van der Waals surface area contributed by atoms with E-state index in [1.54, 1.807) is 0 Å². The van der Waals surface area contributed by atoms with Gasteiger partial charge in [-0.15, -0.1) is 0 Å². The normalized spacial score (nSPS) is 0. The molecule has 0 aliphatic carbocycles. The van der Waals surface area contributed by atoms with Crippen LogP contribution in [0.4, 0.5) is 0 Å². The van der Waals surface area contributed by atoms with Gasteiger partial charge in [0, 0.05) is 0 Å². The third-order valence-electron chi connectivity index (χ3n) is 0. The first kappa shape index (κ1) is 32.2. The van der Waals surface area contributed by atoms with Crippen LogP contribution in [0, 0.1) is 0 Å². The summed E-state index contributed by atoms with van der Waals surface area (Å²) in [4.78, 5) is 0. The largest absolute Gasteiger partial charge is 2.00 e. The van der Waals surface area contributed by atoms with Crippen LogP contribution in [-0.4, -0.2) is 66.3 Å². The van der Waals surface area contributed by atoms with Gasteiger partial charge in [0.1, 0.15) is 0 Å². The Morgan fingerprint density at radius 1 is 1.25 bits per heavy atom. The maximum absolute atomic E-state index is 0. The second-order valence-corrected chi connectivity index (χ2v) is 0. The Balaban J connectivity index is 0. The molecule has 4 heavy (non-hydrogen) atoms. The van der Waals surface area contributed by atoms with E-state index in [2.05, 4.69) is 0 Å². The van der Waals surface area contributed by atoms with E-state index in [1.807, 2.05) is 0 Å². The summed E-state index contributed by atoms with van der Waals surface area (Å²) in [6.45, 7) is 0. The van der Waals surface area contributed by atoms with Crippen LogP contribution in [0.15, 0.2) is 0 Å². The van der Waals surface area contributed by atoms with Crippen LogP contribution in [0.2, 0.25) is 0 Å². The van der Waals surface area contributed by atoms with Gasteiger partial charge < -0.3 is 11.2 Å². The Hall–Kier alpha value is 2.42. The van der Waals surface area contributed by atoms with Gasteiger partial charge in [-0.05, 0) is 0 Å². The second-order valence-electron chi connectivity index (χ2n) is 0. The Kier molecular flexibility index (Phi) is 146. The summed E-state index contributed by atoms with van der Waals surface area (Å²) < 4.78 is 0. The van der Waals surface area contributed by atoms with Crippen molar-refractivity contribution in [1.82, 2.24) is 0 Å². The van der Waals surface area contributed by atoms with Crippen molar-refractivity contribution in [3.8, 4) is 0 Å². The molecule has 1 unspecified atom stereocenters. The molecule has 1 nitrogen and oxygen atoms in total. The molecule has 0 saturated carbocycles. The molecule has 0 amide bonds. The molecule has 0 aromatic heterocycles. The van der Waals surface area contributed by atoms with E-state index < -0.39 is 0 Å². The van der Waals surface area contributed by atoms with Crippen molar-refractivity contribution >= 4 is 70.7 Å². The van der Waals surface area contributed by atoms with Crippen molar-refractivity contribution in [3.05, 3.63) is 0 Å². The molecule has 0 aromatic carbocycles. The molecule has 0 aliphatic heterocycles. The van der Waals surface area contributed by atoms with E-state index in [0.29, 0.717) is 0 Å². The van der Waals surface area contributed by atoms with Crippen molar-refractivity contribution < 1.29 is 11.2 Å². The minimum Gasteiger partial charge on any atom is -1.00 e. The van der Waals surface area contributed by atoms with E-state index in [0.717, 1.165) is 0 Å². The molecule has 4 heteroatoms. The fourth-order valence-corrected chi connectivity index (χ4v) is 0. The standard InChI is InChI=1S/Ca.Mg.H2O.H3P.4H/h;;1H2;1H3;;;;/q2*+2;;;4*-1. The van der Waals surface area contributed by atoms with Gasteiger partial charge in [0.15, 0.2) is 0 Å². The third kappa shape index (κ3) is 8.83. The molecule has 0 aliphatic rings. The molecule has 0 heterocycles. The Labute approximate surface area is 80.9 Å². The van der Waals surface area contributed by atoms with E-state index in [-0.39, 0.29) is 81.9 Å². The summed E-state index contributed by atoms with van der Waals surface area (Å²) >= 11 is 0. The van der Waals surface area contributed by atoms with E-state index in [9.17, 15) is 0 Å². The second kappa shape index (κ2) is 18.1. The van der Waals surface area contributed by atoms with Crippen LogP contribution in [0.25, 0.3) is 0 Å². The van der Waals surface area contributed by atoms with Crippen molar-refractivity contribution in [3.63, 3.8) is 0 Å². The number of hydrogen-bond acceptors (Lipinski definition) is 0. The Morgan fingerprint density at radius 3 is 1.25 bits per heavy atom. The van der Waals surface area contributed by atoms with Crippen LogP contribution in [0.1, 0.15) is 5.71 Å². The zero-order chi connectivity index (χ0) is 0. The molecule has 2 N–H and O–H groups in total. The predicted molar refractivity (Wildman–Crippen MR) is 30.7 cm³/mol. The average Bonchev–Trinajstić information content (AvgIpc) is 0. The van der Waals surface area contributed by atoms with Crippen LogP contribution < -0.4 is 0 Å². The summed E-state index contributed by atoms with van der Waals surface area (Å²) in [7, 11) is 0. The molecular formula is H9CaMgOP. The summed E-state index contributed by atoms with van der Waals surface area (Å²) in [5.74, 6) is 0. The maximum atomic E-state index is 0. The fourth-order valence-electron chi connectivity index (χ4n) is 0. The zero-order valence-electron chi connectivity index (χ0n) is 6.62. The van der Waals surface area contributed by atoms with Gasteiger partial charge in [-0.1, -0.05) is 0 Å². The van der Waals surface area contributed by atoms with Crippen LogP contribution in [0.3, 0.4) is 0 Å². The molecule has 0 radical (unpaired) electrons. The molecule has 0 rings (SSSR count). The van der Waals surface area contributed by atoms with Crippen molar-refractivity contribution in [2.24, 2.45) is 0 Å². The van der Waals surface area contributed by atoms with Gasteiger partial charge in [0.25, 0.3) is 0 Å². The van der Waals surface area contributed by atoms with Crippen LogP contribution in [0.5, 0.6) is 0 Å². The first-order valence-corrected chi connectivity index (χ1v) is 0. The van der Waals surface area contributed by atoms with Gasteiger partial charge in [-0.25, -0.2) is 0 Å². The molecular weight excluding hydrogens is 111 g/mol. The van der Waals surface area contributed by atoms with Crippen molar-refractivity contribution in [2.75, 3.05) is 0 Å². The summed E-state index contributed by atoms with van der Waals surface area (Å²) in [6.07, 6.45) is 0. The number of rotatable bonds is 0. The van der Waals surface area contributed by atoms with Gasteiger partial charge in [-0.3, -0.25) is 0 Å². The Bertz CT molecular complexity index is 16.0. The molecule has 0 fully saturated rings. The van der Waals surface area contributed by atoms with Crippen molar-refractivity contribution in [2.45, 2.75) is 0 Å². The van der Waals surface area contributed by atoms with Gasteiger partial charge in [0.2, 0.25) is 0 Å². The zero-order valence-corrected chi connectivity index (χ0v) is 7.66. The predicted octanol–water partition coefficient (Wildman–Crippen LogP) is -1.08. The van der Waals surface area contributed by atoms with Crippen LogP contribution in [-0.2, 0) is 0 Å². The monoisotopic (exact) mass is 120 g/mol. The van der Waals surface area contributed by atoms with Gasteiger partial charge in [-0.2, -0.15) is 9.90 Å². The minimum absolute atomic E-state index is 0. The average molecular weight is 120 g/mol. The third-order valence-corrected chi connectivity index (χ3v) is 0. The van der Waals surface area contributed by atoms with Gasteiger partial charge in [0.05, 0.1) is 0 Å². The summed E-state index contributed by atoms with van der Waals surface area (Å²) in [6, 6.07) is 0. The first-order chi connectivity index (χ1) is 0. The molecule has 0 bridgehead atoms. The van der Waals surface area contributed by atoms with E-state index in [4.69, 9.17) is 0 Å². The van der Waals surface area contributed by atoms with Crippen molar-refractivity contribution in [1.29, 1.82) is 0 Å². The molecule has 1 atom stereocenters. The Morgan fingerprint density at radius 2 is 1.25 bits per heavy atom. The molecule has 24 valence electrons. The minimum atomic E-state index is 0. The summed E-state index contributed by atoms with van der Waals surface area (Å²) in [5, 5.41) is 0. The summed E-state index contributed by atoms with van der Waals surface area (Å²) in [5.41, 5.74) is 0. The maximum Gasteiger partial charge on any atom is 2.00 e. The van der Waals surface area contributed by atoms with Crippen LogP contribution >= 0.6 is 9.90 Å². The molecule has 0 aromatic rings. The van der Waals surface area contributed by atoms with E-state index >= 15 is 0 Å². The number of hydrogen-bond donors (Lipinski definition) is 0. The topological polar surface area (TPSA) is 31.5 Å². The molecule has 0 spiro atoms. The SMILES string of the molecule is O.P.[Ca+2].[H-].[H-].[H-].[H-].[Mg+2]. The fraction of sp³-hybridized carbons (Fsp3) is 0. The smallest absolute Gasteiger partial charge is 1.00 e. The molecule has 0 saturated heterocycles. The van der Waals surface area contributed by atoms with Gasteiger partial charge >= 0.3 is 60.8 Å².